The standard InChI is InChI=1S/C10H13N5S/c11-8-6-2-1-5(3-6)7(8)9-14-15-4-12-13-10(15)16-9/h4-8H,1-3,11H2. The second kappa shape index (κ2) is 3.01. The fraction of sp³-hybridized carbons (Fsp3) is 0.700. The normalized spacial score (nSPS) is 37.6. The smallest absolute Gasteiger partial charge is 0.234 e. The molecule has 0 saturated heterocycles. The molecular formula is C10H13N5S. The molecule has 4 atom stereocenters. The average Bonchev–Trinajstić information content (AvgIpc) is 2.92. The van der Waals surface area contributed by atoms with E-state index in [2.05, 4.69) is 15.3 Å². The SMILES string of the molecule is NC1C2CCC(C2)C1c1nn2cnnc2s1. The highest BCUT2D eigenvalue weighted by Crippen LogP contribution is 2.52. The number of hydrogen-bond acceptors (Lipinski definition) is 5. The van der Waals surface area contributed by atoms with Gasteiger partial charge in [0.1, 0.15) is 11.3 Å². The van der Waals surface area contributed by atoms with Gasteiger partial charge in [0.05, 0.1) is 0 Å². The van der Waals surface area contributed by atoms with E-state index in [9.17, 15) is 0 Å². The molecule has 0 radical (unpaired) electrons. The topological polar surface area (TPSA) is 69.1 Å². The lowest BCUT2D eigenvalue weighted by Gasteiger charge is -2.25. The number of nitrogens with zero attached hydrogens (tertiary/aromatic N) is 4. The molecule has 4 rings (SSSR count). The van der Waals surface area contributed by atoms with Crippen molar-refractivity contribution in [2.75, 3.05) is 0 Å². The Morgan fingerprint density at radius 3 is 3.00 bits per heavy atom. The van der Waals surface area contributed by atoms with Crippen LogP contribution in [-0.4, -0.2) is 25.9 Å². The summed E-state index contributed by atoms with van der Waals surface area (Å²) in [6, 6.07) is 0.308. The zero-order valence-corrected chi connectivity index (χ0v) is 9.60. The molecule has 6 heteroatoms. The first-order valence-corrected chi connectivity index (χ1v) is 6.57. The molecule has 4 unspecified atom stereocenters. The number of fused-ring (bicyclic) bond motifs is 3. The second-order valence-electron chi connectivity index (χ2n) is 4.93. The summed E-state index contributed by atoms with van der Waals surface area (Å²) < 4.78 is 1.76. The molecule has 2 heterocycles. The molecule has 0 spiro atoms. The van der Waals surface area contributed by atoms with E-state index in [0.29, 0.717) is 12.0 Å². The van der Waals surface area contributed by atoms with Gasteiger partial charge in [-0.25, -0.2) is 0 Å². The summed E-state index contributed by atoms with van der Waals surface area (Å²) in [4.78, 5) is 0.880. The van der Waals surface area contributed by atoms with Crippen molar-refractivity contribution in [2.45, 2.75) is 31.2 Å². The highest BCUT2D eigenvalue weighted by atomic mass is 32.1. The van der Waals surface area contributed by atoms with Gasteiger partial charge in [-0.1, -0.05) is 11.3 Å². The lowest BCUT2D eigenvalue weighted by atomic mass is 9.85. The lowest BCUT2D eigenvalue weighted by molar-refractivity contribution is 0.363. The van der Waals surface area contributed by atoms with Crippen LogP contribution in [0.4, 0.5) is 0 Å². The fourth-order valence-electron chi connectivity index (χ4n) is 3.41. The van der Waals surface area contributed by atoms with Gasteiger partial charge in [-0.3, -0.25) is 0 Å². The van der Waals surface area contributed by atoms with E-state index in [4.69, 9.17) is 5.73 Å². The molecule has 5 nitrogen and oxygen atoms in total. The first-order chi connectivity index (χ1) is 7.83. The minimum atomic E-state index is 0.308. The van der Waals surface area contributed by atoms with Crippen LogP contribution in [0.25, 0.3) is 4.96 Å². The number of rotatable bonds is 1. The van der Waals surface area contributed by atoms with Gasteiger partial charge in [0.2, 0.25) is 4.96 Å². The zero-order chi connectivity index (χ0) is 10.7. The number of aromatic nitrogens is 4. The Balaban J connectivity index is 1.77. The van der Waals surface area contributed by atoms with Crippen molar-refractivity contribution in [1.82, 2.24) is 19.8 Å². The molecule has 0 aliphatic heterocycles. The summed E-state index contributed by atoms with van der Waals surface area (Å²) in [7, 11) is 0. The van der Waals surface area contributed by atoms with Gasteiger partial charge >= 0.3 is 0 Å². The van der Waals surface area contributed by atoms with Crippen molar-refractivity contribution in [3.63, 3.8) is 0 Å². The van der Waals surface area contributed by atoms with Crippen molar-refractivity contribution in [3.8, 4) is 0 Å². The van der Waals surface area contributed by atoms with Gasteiger partial charge in [-0.2, -0.15) is 9.61 Å². The third kappa shape index (κ3) is 1.06. The van der Waals surface area contributed by atoms with Gasteiger partial charge in [-0.05, 0) is 31.1 Å². The van der Waals surface area contributed by atoms with Crippen LogP contribution in [-0.2, 0) is 0 Å². The number of nitrogens with two attached hydrogens (primary N) is 1. The molecule has 2 aliphatic rings. The zero-order valence-electron chi connectivity index (χ0n) is 8.78. The van der Waals surface area contributed by atoms with E-state index in [1.54, 1.807) is 22.2 Å². The third-order valence-corrected chi connectivity index (χ3v) is 5.18. The predicted octanol–water partition coefficient (Wildman–Crippen LogP) is 1.03. The quantitative estimate of drug-likeness (QED) is 0.801. The molecule has 0 aromatic carbocycles. The molecule has 16 heavy (non-hydrogen) atoms. The van der Waals surface area contributed by atoms with Crippen LogP contribution < -0.4 is 5.73 Å². The van der Waals surface area contributed by atoms with Crippen molar-refractivity contribution in [3.05, 3.63) is 11.3 Å². The van der Waals surface area contributed by atoms with Crippen molar-refractivity contribution in [2.24, 2.45) is 17.6 Å². The largest absolute Gasteiger partial charge is 0.327 e. The summed E-state index contributed by atoms with van der Waals surface area (Å²) in [6.45, 7) is 0. The number of hydrogen-bond donors (Lipinski definition) is 1. The van der Waals surface area contributed by atoms with Gasteiger partial charge in [0.15, 0.2) is 0 Å². The average molecular weight is 235 g/mol. The molecular weight excluding hydrogens is 222 g/mol. The second-order valence-corrected chi connectivity index (χ2v) is 5.92. The highest BCUT2D eigenvalue weighted by Gasteiger charge is 2.47. The Morgan fingerprint density at radius 2 is 2.25 bits per heavy atom. The van der Waals surface area contributed by atoms with Crippen LogP contribution >= 0.6 is 11.3 Å². The molecule has 84 valence electrons. The van der Waals surface area contributed by atoms with Crippen LogP contribution in [0.2, 0.25) is 0 Å². The van der Waals surface area contributed by atoms with E-state index >= 15 is 0 Å². The Morgan fingerprint density at radius 1 is 1.38 bits per heavy atom. The van der Waals surface area contributed by atoms with Gasteiger partial charge in [0, 0.05) is 12.0 Å². The maximum Gasteiger partial charge on any atom is 0.234 e. The summed E-state index contributed by atoms with van der Waals surface area (Å²) in [5.41, 5.74) is 6.31. The Kier molecular flexibility index (Phi) is 1.71. The molecule has 2 aliphatic carbocycles. The Labute approximate surface area is 96.7 Å². The Bertz CT molecular complexity index is 502. The monoisotopic (exact) mass is 235 g/mol. The van der Waals surface area contributed by atoms with Crippen molar-refractivity contribution in [1.29, 1.82) is 0 Å². The van der Waals surface area contributed by atoms with Crippen LogP contribution in [0.1, 0.15) is 30.2 Å². The minimum Gasteiger partial charge on any atom is -0.327 e. The van der Waals surface area contributed by atoms with Gasteiger partial charge in [0.25, 0.3) is 0 Å². The predicted molar refractivity (Wildman–Crippen MR) is 60.2 cm³/mol. The molecule has 2 N–H and O–H groups in total. The molecule has 0 amide bonds. The van der Waals surface area contributed by atoms with Crippen LogP contribution in [0.3, 0.4) is 0 Å². The molecule has 2 aromatic rings. The van der Waals surface area contributed by atoms with Crippen LogP contribution in [0, 0.1) is 11.8 Å². The molecule has 2 bridgehead atoms. The first kappa shape index (κ1) is 9.07. The molecule has 2 aromatic heterocycles. The van der Waals surface area contributed by atoms with Crippen LogP contribution in [0.15, 0.2) is 6.33 Å². The van der Waals surface area contributed by atoms with Gasteiger partial charge in [-0.15, -0.1) is 10.2 Å². The summed E-state index contributed by atoms with van der Waals surface area (Å²) >= 11 is 1.64. The van der Waals surface area contributed by atoms with E-state index in [0.717, 1.165) is 21.8 Å². The third-order valence-electron chi connectivity index (χ3n) is 4.17. The molecule has 2 saturated carbocycles. The van der Waals surface area contributed by atoms with Crippen LogP contribution in [0.5, 0.6) is 0 Å². The van der Waals surface area contributed by atoms with E-state index in [1.807, 2.05) is 0 Å². The van der Waals surface area contributed by atoms with Crippen molar-refractivity contribution < 1.29 is 0 Å². The van der Waals surface area contributed by atoms with E-state index < -0.39 is 0 Å². The van der Waals surface area contributed by atoms with E-state index in [-0.39, 0.29) is 0 Å². The highest BCUT2D eigenvalue weighted by molar-refractivity contribution is 7.16. The molecule has 2 fully saturated rings. The van der Waals surface area contributed by atoms with E-state index in [1.165, 1.54) is 19.3 Å². The maximum atomic E-state index is 6.31. The van der Waals surface area contributed by atoms with Gasteiger partial charge < -0.3 is 5.73 Å². The lowest BCUT2D eigenvalue weighted by Crippen LogP contribution is -2.34. The summed E-state index contributed by atoms with van der Waals surface area (Å²) in [6.07, 6.45) is 5.59. The fourth-order valence-corrected chi connectivity index (χ4v) is 4.48. The summed E-state index contributed by atoms with van der Waals surface area (Å²) in [5, 5.41) is 13.6. The Hall–Kier alpha value is -1.01. The minimum absolute atomic E-state index is 0.308. The van der Waals surface area contributed by atoms with Crippen molar-refractivity contribution >= 4 is 16.3 Å². The maximum absolute atomic E-state index is 6.31. The first-order valence-electron chi connectivity index (χ1n) is 5.75. The summed E-state index contributed by atoms with van der Waals surface area (Å²) in [5.74, 6) is 1.94.